The van der Waals surface area contributed by atoms with Crippen LogP contribution in [0.15, 0.2) is 18.2 Å². The molecule has 1 saturated heterocycles. The van der Waals surface area contributed by atoms with Crippen LogP contribution in [-0.2, 0) is 16.0 Å². The molecule has 2 amide bonds. The molecule has 1 fully saturated rings. The average Bonchev–Trinajstić information content (AvgIpc) is 2.94. The van der Waals surface area contributed by atoms with Crippen LogP contribution in [0.4, 0.5) is 0 Å². The van der Waals surface area contributed by atoms with E-state index in [-0.39, 0.29) is 11.8 Å². The lowest BCUT2D eigenvalue weighted by Crippen LogP contribution is -2.55. The summed E-state index contributed by atoms with van der Waals surface area (Å²) in [6.07, 6.45) is 2.56. The van der Waals surface area contributed by atoms with Gasteiger partial charge in [0.15, 0.2) is 11.5 Å². The summed E-state index contributed by atoms with van der Waals surface area (Å²) in [5.41, 5.74) is 0.264. The lowest BCUT2D eigenvalue weighted by molar-refractivity contribution is -0.140. The Labute approximate surface area is 162 Å². The maximum atomic E-state index is 12.8. The van der Waals surface area contributed by atoms with E-state index in [2.05, 4.69) is 19.2 Å². The van der Waals surface area contributed by atoms with Crippen molar-refractivity contribution in [1.82, 2.24) is 10.2 Å². The lowest BCUT2D eigenvalue weighted by atomic mass is 9.96. The topological polar surface area (TPSA) is 67.9 Å². The lowest BCUT2D eigenvalue weighted by Gasteiger charge is -2.34. The number of carbonyl (C=O) groups excluding carboxylic acids is 2. The first-order chi connectivity index (χ1) is 12.8. The fourth-order valence-electron chi connectivity index (χ4n) is 3.44. The smallest absolute Gasteiger partial charge is 0.245 e. The van der Waals surface area contributed by atoms with Crippen LogP contribution in [0.2, 0.25) is 0 Å². The van der Waals surface area contributed by atoms with Gasteiger partial charge in [-0.25, -0.2) is 0 Å². The molecule has 0 aromatic heterocycles. The van der Waals surface area contributed by atoms with Gasteiger partial charge in [-0.1, -0.05) is 19.9 Å². The number of amides is 2. The third kappa shape index (κ3) is 4.93. The van der Waals surface area contributed by atoms with E-state index in [0.29, 0.717) is 49.8 Å². The Morgan fingerprint density at radius 2 is 1.96 bits per heavy atom. The van der Waals surface area contributed by atoms with Crippen LogP contribution in [0.3, 0.4) is 0 Å². The second-order valence-corrected chi connectivity index (χ2v) is 7.70. The van der Waals surface area contributed by atoms with Gasteiger partial charge >= 0.3 is 0 Å². The summed E-state index contributed by atoms with van der Waals surface area (Å²) in [6.45, 7) is 7.27. The number of likely N-dealkylation sites (tertiary alicyclic amines) is 1. The Morgan fingerprint density at radius 3 is 2.59 bits per heavy atom. The molecule has 0 spiro atoms. The number of ether oxygens (including phenoxy) is 2. The van der Waals surface area contributed by atoms with Crippen LogP contribution < -0.4 is 14.8 Å². The van der Waals surface area contributed by atoms with Crippen LogP contribution in [0.5, 0.6) is 11.5 Å². The summed E-state index contributed by atoms with van der Waals surface area (Å²) in [7, 11) is 3.20. The molecule has 0 saturated carbocycles. The number of carbonyl (C=O) groups is 2. The largest absolute Gasteiger partial charge is 0.493 e. The molecule has 1 aromatic carbocycles. The first-order valence-corrected chi connectivity index (χ1v) is 9.61. The molecule has 6 nitrogen and oxygen atoms in total. The maximum absolute atomic E-state index is 12.8. The summed E-state index contributed by atoms with van der Waals surface area (Å²) in [5, 5.41) is 3.01. The first-order valence-electron chi connectivity index (χ1n) is 9.61. The molecule has 1 heterocycles. The molecule has 0 bridgehead atoms. The van der Waals surface area contributed by atoms with Crippen molar-refractivity contribution in [2.75, 3.05) is 27.3 Å². The summed E-state index contributed by atoms with van der Waals surface area (Å²) < 4.78 is 10.6. The standard InChI is InChI=1S/C21H32N2O4/c1-15(2)9-12-22-20(25)21(3)11-8-19(24)23(21)13-10-16-6-7-17(26-4)18(14-16)27-5/h6-7,14-15H,8-13H2,1-5H3,(H,22,25). The molecule has 0 radical (unpaired) electrons. The van der Waals surface area contributed by atoms with E-state index in [1.807, 2.05) is 25.1 Å². The zero-order chi connectivity index (χ0) is 20.0. The molecule has 1 aromatic rings. The number of nitrogens with zero attached hydrogens (tertiary/aromatic N) is 1. The second-order valence-electron chi connectivity index (χ2n) is 7.70. The molecule has 1 aliphatic rings. The second kappa shape index (κ2) is 9.11. The minimum atomic E-state index is -0.773. The predicted molar refractivity (Wildman–Crippen MR) is 105 cm³/mol. The molecule has 1 aliphatic heterocycles. The van der Waals surface area contributed by atoms with Gasteiger partial charge in [0.25, 0.3) is 0 Å². The van der Waals surface area contributed by atoms with E-state index in [4.69, 9.17) is 9.47 Å². The van der Waals surface area contributed by atoms with Crippen molar-refractivity contribution < 1.29 is 19.1 Å². The van der Waals surface area contributed by atoms with Gasteiger partial charge < -0.3 is 19.7 Å². The maximum Gasteiger partial charge on any atom is 0.245 e. The number of hydrogen-bond donors (Lipinski definition) is 1. The van der Waals surface area contributed by atoms with Crippen LogP contribution in [-0.4, -0.2) is 49.6 Å². The van der Waals surface area contributed by atoms with E-state index >= 15 is 0 Å². The number of hydrogen-bond acceptors (Lipinski definition) is 4. The van der Waals surface area contributed by atoms with Crippen molar-refractivity contribution in [3.63, 3.8) is 0 Å². The average molecular weight is 376 g/mol. The van der Waals surface area contributed by atoms with Gasteiger partial charge in [-0.3, -0.25) is 9.59 Å². The Hall–Kier alpha value is -2.24. The molecule has 6 heteroatoms. The van der Waals surface area contributed by atoms with Crippen LogP contribution >= 0.6 is 0 Å². The molecule has 2 rings (SSSR count). The monoisotopic (exact) mass is 376 g/mol. The van der Waals surface area contributed by atoms with Gasteiger partial charge in [0.1, 0.15) is 5.54 Å². The van der Waals surface area contributed by atoms with Crippen molar-refractivity contribution in [3.8, 4) is 11.5 Å². The Morgan fingerprint density at radius 1 is 1.26 bits per heavy atom. The van der Waals surface area contributed by atoms with Crippen molar-refractivity contribution in [2.24, 2.45) is 5.92 Å². The molecule has 0 aliphatic carbocycles. The van der Waals surface area contributed by atoms with Gasteiger partial charge in [0.2, 0.25) is 11.8 Å². The van der Waals surface area contributed by atoms with Gasteiger partial charge in [-0.15, -0.1) is 0 Å². The third-order valence-electron chi connectivity index (χ3n) is 5.29. The summed E-state index contributed by atoms with van der Waals surface area (Å²) in [5.74, 6) is 1.85. The van der Waals surface area contributed by atoms with E-state index < -0.39 is 5.54 Å². The van der Waals surface area contributed by atoms with Gasteiger partial charge in [0, 0.05) is 19.5 Å². The van der Waals surface area contributed by atoms with E-state index in [0.717, 1.165) is 12.0 Å². The highest BCUT2D eigenvalue weighted by molar-refractivity contribution is 5.94. The van der Waals surface area contributed by atoms with Crippen LogP contribution in [0.25, 0.3) is 0 Å². The fraction of sp³-hybridized carbons (Fsp3) is 0.619. The SMILES string of the molecule is COc1ccc(CCN2C(=O)CCC2(C)C(=O)NCCC(C)C)cc1OC. The van der Waals surface area contributed by atoms with Crippen molar-refractivity contribution in [2.45, 2.75) is 52.0 Å². The summed E-state index contributed by atoms with van der Waals surface area (Å²) in [6, 6.07) is 5.74. The molecular weight excluding hydrogens is 344 g/mol. The van der Waals surface area contributed by atoms with E-state index in [9.17, 15) is 9.59 Å². The fourth-order valence-corrected chi connectivity index (χ4v) is 3.44. The van der Waals surface area contributed by atoms with Gasteiger partial charge in [-0.2, -0.15) is 0 Å². The number of benzene rings is 1. The summed E-state index contributed by atoms with van der Waals surface area (Å²) >= 11 is 0. The van der Waals surface area contributed by atoms with Gasteiger partial charge in [-0.05, 0) is 49.8 Å². The molecule has 27 heavy (non-hydrogen) atoms. The molecule has 1 N–H and O–H groups in total. The van der Waals surface area contributed by atoms with Crippen molar-refractivity contribution in [3.05, 3.63) is 23.8 Å². The molecule has 1 unspecified atom stereocenters. The normalized spacial score (nSPS) is 19.5. The number of nitrogens with one attached hydrogen (secondary N) is 1. The Kier molecular flexibility index (Phi) is 7.11. The van der Waals surface area contributed by atoms with Gasteiger partial charge in [0.05, 0.1) is 14.2 Å². The van der Waals surface area contributed by atoms with Crippen molar-refractivity contribution in [1.29, 1.82) is 0 Å². The number of methoxy groups -OCH3 is 2. The van der Waals surface area contributed by atoms with Crippen LogP contribution in [0, 0.1) is 5.92 Å². The number of rotatable bonds is 9. The highest BCUT2D eigenvalue weighted by Crippen LogP contribution is 2.32. The van der Waals surface area contributed by atoms with Crippen molar-refractivity contribution >= 4 is 11.8 Å². The zero-order valence-corrected chi connectivity index (χ0v) is 17.1. The van der Waals surface area contributed by atoms with E-state index in [1.165, 1.54) is 0 Å². The van der Waals surface area contributed by atoms with Crippen LogP contribution in [0.1, 0.15) is 45.6 Å². The molecule has 1 atom stereocenters. The highest BCUT2D eigenvalue weighted by Gasteiger charge is 2.46. The minimum Gasteiger partial charge on any atom is -0.493 e. The third-order valence-corrected chi connectivity index (χ3v) is 5.29. The minimum absolute atomic E-state index is 0.0389. The highest BCUT2D eigenvalue weighted by atomic mass is 16.5. The summed E-state index contributed by atoms with van der Waals surface area (Å²) in [4.78, 5) is 26.9. The Bertz CT molecular complexity index is 674. The zero-order valence-electron chi connectivity index (χ0n) is 17.1. The molecule has 150 valence electrons. The quantitative estimate of drug-likeness (QED) is 0.720. The Balaban J connectivity index is 2.04. The first kappa shape index (κ1) is 21.1. The predicted octanol–water partition coefficient (Wildman–Crippen LogP) is 2.79. The van der Waals surface area contributed by atoms with E-state index in [1.54, 1.807) is 19.1 Å². The molecular formula is C21H32N2O4.